The molecule has 0 amide bonds. The van der Waals surface area contributed by atoms with Crippen LogP contribution in [0.5, 0.6) is 0 Å². The Balaban J connectivity index is 2.13. The molecule has 3 aromatic rings. The van der Waals surface area contributed by atoms with Crippen molar-refractivity contribution in [1.82, 2.24) is 0 Å². The van der Waals surface area contributed by atoms with Gasteiger partial charge in [-0.2, -0.15) is 0 Å². The summed E-state index contributed by atoms with van der Waals surface area (Å²) in [5.74, 6) is -0.0975. The summed E-state index contributed by atoms with van der Waals surface area (Å²) >= 11 is 0. The van der Waals surface area contributed by atoms with Gasteiger partial charge in [-0.3, -0.25) is 4.79 Å². The van der Waals surface area contributed by atoms with Gasteiger partial charge in [-0.15, -0.1) is 0 Å². The molecule has 0 saturated carbocycles. The monoisotopic (exact) mass is 360 g/mol. The van der Waals surface area contributed by atoms with Crippen LogP contribution in [0.25, 0.3) is 0 Å². The molecular formula is C23H24O2Si. The van der Waals surface area contributed by atoms with Crippen LogP contribution < -0.4 is 0 Å². The van der Waals surface area contributed by atoms with Gasteiger partial charge in [0.25, 0.3) is 5.97 Å². The topological polar surface area (TPSA) is 26.3 Å². The van der Waals surface area contributed by atoms with Crippen LogP contribution in [0.3, 0.4) is 0 Å². The highest BCUT2D eigenvalue weighted by molar-refractivity contribution is 6.05. The van der Waals surface area contributed by atoms with E-state index in [0.717, 1.165) is 12.8 Å². The summed E-state index contributed by atoms with van der Waals surface area (Å²) in [5, 5.41) is 0. The van der Waals surface area contributed by atoms with E-state index >= 15 is 0 Å². The van der Waals surface area contributed by atoms with Gasteiger partial charge in [0.1, 0.15) is 0 Å². The van der Waals surface area contributed by atoms with Crippen molar-refractivity contribution in [2.45, 2.75) is 24.7 Å². The predicted octanol–water partition coefficient (Wildman–Crippen LogP) is 4.01. The van der Waals surface area contributed by atoms with Crippen molar-refractivity contribution in [3.63, 3.8) is 0 Å². The Bertz CT molecular complexity index is 720. The van der Waals surface area contributed by atoms with Crippen molar-refractivity contribution in [2.75, 3.05) is 0 Å². The first-order chi connectivity index (χ1) is 12.8. The van der Waals surface area contributed by atoms with E-state index in [0.29, 0.717) is 16.9 Å². The molecule has 132 valence electrons. The molecular weight excluding hydrogens is 336 g/mol. The van der Waals surface area contributed by atoms with Crippen molar-refractivity contribution in [3.8, 4) is 0 Å². The molecule has 0 heterocycles. The molecule has 0 bridgehead atoms. The molecule has 0 aliphatic rings. The van der Waals surface area contributed by atoms with Crippen molar-refractivity contribution < 1.29 is 9.22 Å². The lowest BCUT2D eigenvalue weighted by Gasteiger charge is -2.36. The van der Waals surface area contributed by atoms with E-state index in [1.54, 1.807) is 0 Å². The number of hydrogen-bond donors (Lipinski definition) is 0. The summed E-state index contributed by atoms with van der Waals surface area (Å²) in [7, 11) is 0.457. The second-order valence-electron chi connectivity index (χ2n) is 6.43. The Morgan fingerprint density at radius 2 is 1.12 bits per heavy atom. The summed E-state index contributed by atoms with van der Waals surface area (Å²) in [5.41, 5.74) is 3.46. The summed E-state index contributed by atoms with van der Waals surface area (Å²) in [6, 6.07) is 31.8. The lowest BCUT2D eigenvalue weighted by atomic mass is 9.66. The van der Waals surface area contributed by atoms with Gasteiger partial charge in [-0.25, -0.2) is 0 Å². The number of hydrogen-bond acceptors (Lipinski definition) is 2. The lowest BCUT2D eigenvalue weighted by Crippen LogP contribution is -2.29. The molecule has 0 spiro atoms. The fourth-order valence-electron chi connectivity index (χ4n) is 3.70. The Morgan fingerprint density at radius 3 is 1.46 bits per heavy atom. The van der Waals surface area contributed by atoms with Crippen LogP contribution in [-0.4, -0.2) is 16.5 Å². The van der Waals surface area contributed by atoms with Crippen LogP contribution in [0.1, 0.15) is 36.0 Å². The van der Waals surface area contributed by atoms with Crippen molar-refractivity contribution in [1.29, 1.82) is 0 Å². The maximum absolute atomic E-state index is 11.7. The second kappa shape index (κ2) is 8.63. The molecule has 2 nitrogen and oxygen atoms in total. The van der Waals surface area contributed by atoms with Gasteiger partial charge in [-0.1, -0.05) is 91.0 Å². The Kier molecular flexibility index (Phi) is 6.02. The van der Waals surface area contributed by atoms with E-state index < -0.39 is 0 Å². The fraction of sp³-hybridized carbons (Fsp3) is 0.174. The largest absolute Gasteiger partial charge is 0.529 e. The SMILES string of the molecule is O=C(CCCC(c1ccccc1)(c1ccccc1)c1ccccc1)O[SiH3]. The standard InChI is InChI=1S/C23H24O2Si/c24-22(25-26)17-10-18-23(19-11-4-1-5-12-19,20-13-6-2-7-14-20)21-15-8-3-9-16-21/h1-9,11-16H,10,17-18H2,26H3. The molecule has 0 radical (unpaired) electrons. The zero-order chi connectivity index (χ0) is 18.2. The summed E-state index contributed by atoms with van der Waals surface area (Å²) in [6.45, 7) is 0. The van der Waals surface area contributed by atoms with Crippen LogP contribution in [0.4, 0.5) is 0 Å². The van der Waals surface area contributed by atoms with E-state index in [-0.39, 0.29) is 11.4 Å². The highest BCUT2D eigenvalue weighted by atomic mass is 28.2. The Hall–Kier alpha value is -2.65. The first-order valence-corrected chi connectivity index (χ1v) is 9.82. The van der Waals surface area contributed by atoms with Crippen LogP contribution >= 0.6 is 0 Å². The summed E-state index contributed by atoms with van der Waals surface area (Å²) < 4.78 is 4.98. The quantitative estimate of drug-likeness (QED) is 0.470. The third kappa shape index (κ3) is 3.78. The third-order valence-electron chi connectivity index (χ3n) is 4.96. The molecule has 26 heavy (non-hydrogen) atoms. The van der Waals surface area contributed by atoms with Crippen LogP contribution in [-0.2, 0) is 14.6 Å². The van der Waals surface area contributed by atoms with Crippen molar-refractivity contribution in [2.24, 2.45) is 0 Å². The molecule has 0 unspecified atom stereocenters. The Morgan fingerprint density at radius 1 is 0.731 bits per heavy atom. The number of rotatable bonds is 7. The van der Waals surface area contributed by atoms with E-state index in [9.17, 15) is 4.79 Å². The van der Waals surface area contributed by atoms with E-state index in [1.807, 2.05) is 18.2 Å². The highest BCUT2D eigenvalue weighted by Crippen LogP contribution is 2.43. The number of carbonyl (C=O) groups is 1. The molecule has 0 fully saturated rings. The smallest absolute Gasteiger partial charge is 0.291 e. The minimum Gasteiger partial charge on any atom is -0.529 e. The van der Waals surface area contributed by atoms with Gasteiger partial charge in [0.05, 0.1) is 0 Å². The van der Waals surface area contributed by atoms with Gasteiger partial charge >= 0.3 is 0 Å². The minimum absolute atomic E-state index is 0.0975. The summed E-state index contributed by atoms with van der Waals surface area (Å²) in [6.07, 6.45) is 2.08. The molecule has 0 N–H and O–H groups in total. The average Bonchev–Trinajstić information content (AvgIpc) is 2.73. The van der Waals surface area contributed by atoms with E-state index in [4.69, 9.17) is 4.43 Å². The van der Waals surface area contributed by atoms with Crippen LogP contribution in [0, 0.1) is 0 Å². The molecule has 0 saturated heterocycles. The highest BCUT2D eigenvalue weighted by Gasteiger charge is 2.35. The zero-order valence-electron chi connectivity index (χ0n) is 15.1. The predicted molar refractivity (Wildman–Crippen MR) is 109 cm³/mol. The third-order valence-corrected chi connectivity index (χ3v) is 5.42. The van der Waals surface area contributed by atoms with Crippen molar-refractivity contribution >= 4 is 16.5 Å². The summed E-state index contributed by atoms with van der Waals surface area (Å²) in [4.78, 5) is 11.7. The van der Waals surface area contributed by atoms with Crippen LogP contribution in [0.2, 0.25) is 0 Å². The minimum atomic E-state index is -0.283. The molecule has 3 heteroatoms. The molecule has 0 aliphatic heterocycles. The zero-order valence-corrected chi connectivity index (χ0v) is 17.1. The Labute approximate surface area is 158 Å². The first kappa shape index (κ1) is 18.1. The molecule has 3 aromatic carbocycles. The van der Waals surface area contributed by atoms with Gasteiger partial charge in [-0.05, 0) is 29.5 Å². The van der Waals surface area contributed by atoms with Crippen LogP contribution in [0.15, 0.2) is 91.0 Å². The fourth-order valence-corrected chi connectivity index (χ4v) is 3.91. The number of benzene rings is 3. The van der Waals surface area contributed by atoms with Gasteiger partial charge in [0.15, 0.2) is 0 Å². The van der Waals surface area contributed by atoms with E-state index in [2.05, 4.69) is 72.8 Å². The average molecular weight is 361 g/mol. The first-order valence-electron chi connectivity index (χ1n) is 9.01. The van der Waals surface area contributed by atoms with Gasteiger partial charge < -0.3 is 4.43 Å². The maximum Gasteiger partial charge on any atom is 0.291 e. The maximum atomic E-state index is 11.7. The molecule has 0 aromatic heterocycles. The molecule has 0 aliphatic carbocycles. The van der Waals surface area contributed by atoms with Gasteiger partial charge in [0, 0.05) is 11.8 Å². The molecule has 3 rings (SSSR count). The lowest BCUT2D eigenvalue weighted by molar-refractivity contribution is -0.134. The van der Waals surface area contributed by atoms with Gasteiger partial charge in [0.2, 0.25) is 10.5 Å². The second-order valence-corrected chi connectivity index (χ2v) is 6.84. The molecule has 0 atom stereocenters. The number of carbonyl (C=O) groups excluding carboxylic acids is 1. The van der Waals surface area contributed by atoms with Crippen molar-refractivity contribution in [3.05, 3.63) is 108 Å². The normalized spacial score (nSPS) is 11.2. The van der Waals surface area contributed by atoms with E-state index in [1.165, 1.54) is 16.7 Å².